The number of halogens is 2. The van der Waals surface area contributed by atoms with Crippen molar-refractivity contribution in [3.8, 4) is 0 Å². The van der Waals surface area contributed by atoms with Crippen LogP contribution in [0.1, 0.15) is 19.3 Å². The van der Waals surface area contributed by atoms with Gasteiger partial charge in [0, 0.05) is 11.6 Å². The van der Waals surface area contributed by atoms with Gasteiger partial charge in [0.15, 0.2) is 0 Å². The second kappa shape index (κ2) is 11.1. The molecule has 174 valence electrons. The van der Waals surface area contributed by atoms with Crippen molar-refractivity contribution in [3.63, 3.8) is 0 Å². The number of carbonyl (C=O) groups excluding carboxylic acids is 1. The molecule has 1 heterocycles. The van der Waals surface area contributed by atoms with Crippen LogP contribution >= 0.6 is 11.6 Å². The Bertz CT molecular complexity index is 1020. The molecule has 8 nitrogen and oxygen atoms in total. The van der Waals surface area contributed by atoms with Crippen LogP contribution in [-0.4, -0.2) is 51.0 Å². The lowest BCUT2D eigenvalue weighted by Gasteiger charge is -2.36. The normalized spacial score (nSPS) is 21.2. The molecule has 0 saturated carbocycles. The Balaban J connectivity index is 1.47. The number of aliphatic hydroxyl groups is 1. The summed E-state index contributed by atoms with van der Waals surface area (Å²) in [7, 11) is -3.67. The van der Waals surface area contributed by atoms with Gasteiger partial charge in [-0.3, -0.25) is 0 Å². The molecule has 1 saturated heterocycles. The first-order chi connectivity index (χ1) is 15.3. The van der Waals surface area contributed by atoms with Crippen molar-refractivity contribution in [2.75, 3.05) is 18.5 Å². The summed E-state index contributed by atoms with van der Waals surface area (Å²) in [6.07, 6.45) is 0.534. The number of sulfonamides is 1. The van der Waals surface area contributed by atoms with E-state index in [1.54, 1.807) is 6.07 Å². The van der Waals surface area contributed by atoms with Crippen molar-refractivity contribution in [3.05, 3.63) is 59.4 Å². The third-order valence-electron chi connectivity index (χ3n) is 5.12. The van der Waals surface area contributed by atoms with Gasteiger partial charge in [-0.2, -0.15) is 0 Å². The zero-order valence-electron chi connectivity index (χ0n) is 17.1. The molecular weight excluding hydrogens is 461 g/mol. The molecule has 0 aromatic heterocycles. The van der Waals surface area contributed by atoms with E-state index in [0.29, 0.717) is 24.3 Å². The largest absolute Gasteiger partial charge is 0.394 e. The predicted molar refractivity (Wildman–Crippen MR) is 119 cm³/mol. The second-order valence-electron chi connectivity index (χ2n) is 7.38. The molecule has 2 amide bonds. The molecule has 1 fully saturated rings. The summed E-state index contributed by atoms with van der Waals surface area (Å²) in [6.45, 7) is -0.169. The number of benzene rings is 2. The Morgan fingerprint density at radius 2 is 1.88 bits per heavy atom. The molecule has 0 spiro atoms. The molecule has 0 radical (unpaired) electrons. The lowest BCUT2D eigenvalue weighted by molar-refractivity contribution is -0.0884. The van der Waals surface area contributed by atoms with Gasteiger partial charge in [-0.1, -0.05) is 23.7 Å². The van der Waals surface area contributed by atoms with Gasteiger partial charge in [-0.25, -0.2) is 22.3 Å². The summed E-state index contributed by atoms with van der Waals surface area (Å²) in [5, 5.41) is 15.3. The van der Waals surface area contributed by atoms with Crippen molar-refractivity contribution in [1.29, 1.82) is 0 Å². The zero-order chi connectivity index (χ0) is 23.1. The number of para-hydroxylation sites is 1. The van der Waals surface area contributed by atoms with E-state index in [1.807, 2.05) is 0 Å². The average molecular weight is 486 g/mol. The number of urea groups is 1. The fourth-order valence-electron chi connectivity index (χ4n) is 3.45. The molecule has 1 aliphatic heterocycles. The van der Waals surface area contributed by atoms with Crippen LogP contribution in [0.15, 0.2) is 53.4 Å². The lowest BCUT2D eigenvalue weighted by atomic mass is 9.97. The first-order valence-electron chi connectivity index (χ1n) is 10.1. The van der Waals surface area contributed by atoms with E-state index < -0.39 is 34.0 Å². The van der Waals surface area contributed by atoms with Crippen molar-refractivity contribution < 1.29 is 27.4 Å². The first kappa shape index (κ1) is 24.4. The van der Waals surface area contributed by atoms with Crippen LogP contribution in [0.4, 0.5) is 14.9 Å². The van der Waals surface area contributed by atoms with E-state index in [4.69, 9.17) is 16.3 Å². The number of ether oxygens (including phenoxy) is 1. The van der Waals surface area contributed by atoms with Crippen molar-refractivity contribution in [1.82, 2.24) is 10.0 Å². The number of carbonyl (C=O) groups is 1. The van der Waals surface area contributed by atoms with Crippen LogP contribution in [0.25, 0.3) is 0 Å². The van der Waals surface area contributed by atoms with E-state index in [2.05, 4.69) is 15.4 Å². The predicted octanol–water partition coefficient (Wildman–Crippen LogP) is 2.88. The van der Waals surface area contributed by atoms with E-state index >= 15 is 0 Å². The average Bonchev–Trinajstić information content (AvgIpc) is 2.76. The fraction of sp³-hybridized carbons (Fsp3) is 0.381. The van der Waals surface area contributed by atoms with Gasteiger partial charge in [0.05, 0.1) is 29.3 Å². The molecule has 2 aromatic rings. The minimum atomic E-state index is -3.67. The van der Waals surface area contributed by atoms with Crippen molar-refractivity contribution in [2.24, 2.45) is 0 Å². The number of amides is 2. The molecule has 1 aliphatic rings. The molecule has 3 rings (SSSR count). The minimum absolute atomic E-state index is 0.0492. The van der Waals surface area contributed by atoms with E-state index in [-0.39, 0.29) is 29.8 Å². The van der Waals surface area contributed by atoms with Gasteiger partial charge in [0.25, 0.3) is 0 Å². The topological polar surface area (TPSA) is 117 Å². The molecular formula is C21H25ClFN3O5S. The van der Waals surface area contributed by atoms with Gasteiger partial charge >= 0.3 is 6.03 Å². The molecule has 0 unspecified atom stereocenters. The standard InChI is InChI=1S/C21H25ClFN3O5S/c22-14-5-8-16(9-6-14)32(29,30)24-12-11-15-7-10-19(20(13-27)31-15)26-21(28)25-18-4-2-1-3-17(18)23/h1-6,8-9,15,19-20,24,27H,7,10-13H2,(H2,25,26,28)/t15-,19+,20-/m1/s1. The fourth-order valence-corrected chi connectivity index (χ4v) is 4.62. The second-order valence-corrected chi connectivity index (χ2v) is 9.59. The summed E-state index contributed by atoms with van der Waals surface area (Å²) >= 11 is 5.79. The highest BCUT2D eigenvalue weighted by molar-refractivity contribution is 7.89. The number of anilines is 1. The quantitative estimate of drug-likeness (QED) is 0.458. The van der Waals surface area contributed by atoms with Crippen LogP contribution < -0.4 is 15.4 Å². The zero-order valence-corrected chi connectivity index (χ0v) is 18.7. The maximum absolute atomic E-state index is 13.7. The van der Waals surface area contributed by atoms with Crippen LogP contribution in [0.5, 0.6) is 0 Å². The van der Waals surface area contributed by atoms with Gasteiger partial charge in [-0.15, -0.1) is 0 Å². The molecule has 3 atom stereocenters. The third kappa shape index (κ3) is 6.63. The highest BCUT2D eigenvalue weighted by Crippen LogP contribution is 2.22. The molecule has 4 N–H and O–H groups in total. The van der Waals surface area contributed by atoms with E-state index in [9.17, 15) is 22.7 Å². The summed E-state index contributed by atoms with van der Waals surface area (Å²) < 4.78 is 46.7. The summed E-state index contributed by atoms with van der Waals surface area (Å²) in [5.74, 6) is -0.553. The molecule has 32 heavy (non-hydrogen) atoms. The number of rotatable bonds is 8. The van der Waals surface area contributed by atoms with Gasteiger partial charge in [0.2, 0.25) is 10.0 Å². The summed E-state index contributed by atoms with van der Waals surface area (Å²) in [6, 6.07) is 10.6. The third-order valence-corrected chi connectivity index (χ3v) is 6.85. The summed E-state index contributed by atoms with van der Waals surface area (Å²) in [4.78, 5) is 12.3. The molecule has 0 bridgehead atoms. The van der Waals surface area contributed by atoms with E-state index in [0.717, 1.165) is 0 Å². The number of hydrogen-bond acceptors (Lipinski definition) is 5. The van der Waals surface area contributed by atoms with Crippen LogP contribution in [0.3, 0.4) is 0 Å². The van der Waals surface area contributed by atoms with Gasteiger partial charge in [0.1, 0.15) is 11.9 Å². The molecule has 0 aliphatic carbocycles. The number of hydrogen-bond donors (Lipinski definition) is 4. The Hall–Kier alpha value is -2.24. The Labute approximate surface area is 191 Å². The maximum Gasteiger partial charge on any atom is 0.319 e. The first-order valence-corrected chi connectivity index (χ1v) is 12.0. The Morgan fingerprint density at radius 1 is 1.16 bits per heavy atom. The Morgan fingerprint density at radius 3 is 2.56 bits per heavy atom. The van der Waals surface area contributed by atoms with Crippen molar-refractivity contribution >= 4 is 33.3 Å². The van der Waals surface area contributed by atoms with Crippen LogP contribution in [-0.2, 0) is 14.8 Å². The number of aliphatic hydroxyl groups excluding tert-OH is 1. The van der Waals surface area contributed by atoms with E-state index in [1.165, 1.54) is 42.5 Å². The monoisotopic (exact) mass is 485 g/mol. The van der Waals surface area contributed by atoms with Crippen LogP contribution in [0, 0.1) is 5.82 Å². The van der Waals surface area contributed by atoms with Gasteiger partial charge in [-0.05, 0) is 55.7 Å². The van der Waals surface area contributed by atoms with Crippen LogP contribution in [0.2, 0.25) is 5.02 Å². The maximum atomic E-state index is 13.7. The number of nitrogens with one attached hydrogen (secondary N) is 3. The van der Waals surface area contributed by atoms with Crippen molar-refractivity contribution in [2.45, 2.75) is 42.4 Å². The molecule has 11 heteroatoms. The smallest absolute Gasteiger partial charge is 0.319 e. The highest BCUT2D eigenvalue weighted by Gasteiger charge is 2.32. The SMILES string of the molecule is O=C(Nc1ccccc1F)N[C@H]1CC[C@H](CCNS(=O)(=O)c2ccc(Cl)cc2)O[C@@H]1CO. The minimum Gasteiger partial charge on any atom is -0.394 e. The van der Waals surface area contributed by atoms with Gasteiger partial charge < -0.3 is 20.5 Å². The summed E-state index contributed by atoms with van der Waals surface area (Å²) in [5.41, 5.74) is 0.0492. The molecule has 2 aromatic carbocycles. The lowest BCUT2D eigenvalue weighted by Crippen LogP contribution is -2.52. The Kier molecular flexibility index (Phi) is 8.44. The highest BCUT2D eigenvalue weighted by atomic mass is 35.5.